The van der Waals surface area contributed by atoms with Gasteiger partial charge in [-0.25, -0.2) is 22.3 Å². The number of nitrogens with one attached hydrogen (secondary N) is 2. The molecule has 3 fully saturated rings. The Hall–Kier alpha value is 4.49. The Kier molecular flexibility index (Phi) is 38.1. The summed E-state index contributed by atoms with van der Waals surface area (Å²) in [5.41, 5.74) is 0. The first-order valence-corrected chi connectivity index (χ1v) is 26.4. The first kappa shape index (κ1) is 66.8. The van der Waals surface area contributed by atoms with Gasteiger partial charge in [0.05, 0.1) is 61.7 Å². The molecule has 9 unspecified atom stereocenters. The standard InChI is InChI=1S/C7H15BO10P3.C7H14BO7P2.C7H13BO4P.2H2NP.3Y/c1-5-3-7(8)16-6(5)4-15-20(11,12)18-21(13,14)17-19(2,9)10;1-5-3-7(8)14-6(5)4-13-17(11,12)15-16(2,9)10;1-5-3-7(8)12-6(5)4-11-13(2,9)10;2*1-2;;;/h3,5-7H,4H2,1-2H3,(H,9,10)(H,11,12)(H,13,14);3,5-7H,4H2,1-2H3,(H,9,10)(H,11,12);3,5-7H,4H2,1-2H3,(H,9,10);2*1-2H;;;/q3*-1;;;;;/t3*5?,6-,7-;;;;;/m111...../s1/i/hTD. The Labute approximate surface area is 425 Å². The largest absolute Gasteiger partial charge is 0.488 e. The Morgan fingerprint density at radius 1 is 0.603 bits per heavy atom. The molecule has 3 aliphatic heterocycles. The summed E-state index contributed by atoms with van der Waals surface area (Å²) in [7, 11) is -5.32. The summed E-state index contributed by atoms with van der Waals surface area (Å²) in [6, 6.07) is -1.59. The van der Waals surface area contributed by atoms with Gasteiger partial charge in [-0.15, -0.1) is 17.8 Å². The van der Waals surface area contributed by atoms with Crippen molar-refractivity contribution in [2.24, 2.45) is 17.8 Å². The monoisotopic (exact) mass is 1210 g/mol. The molecule has 3 heterocycles. The zero-order chi connectivity index (χ0) is 45.2. The van der Waals surface area contributed by atoms with Crippen molar-refractivity contribution in [2.75, 3.05) is 39.8 Å². The van der Waals surface area contributed by atoms with Gasteiger partial charge in [0.1, 0.15) is 0 Å². The number of phosphoric ester groups is 2. The van der Waals surface area contributed by atoms with E-state index >= 15 is 0 Å². The van der Waals surface area contributed by atoms with Crippen molar-refractivity contribution in [1.29, 1.82) is 10.3 Å². The summed E-state index contributed by atoms with van der Waals surface area (Å²) in [6.07, 6.45) is 3.86. The zero-order valence-corrected chi connectivity index (χ0v) is 47.8. The minimum Gasteiger partial charge on any atom is -0.415 e. The van der Waals surface area contributed by atoms with Crippen LogP contribution in [0.4, 0.5) is 0 Å². The molecule has 3 saturated heterocycles. The molecule has 0 amide bonds. The summed E-state index contributed by atoms with van der Waals surface area (Å²) in [5, 5.41) is 5.11. The minimum absolute atomic E-state index is 0. The maximum Gasteiger partial charge on any atom is 0.488 e. The van der Waals surface area contributed by atoms with Gasteiger partial charge in [0.2, 0.25) is 0 Å². The molecule has 3 aliphatic rings. The summed E-state index contributed by atoms with van der Waals surface area (Å²) >= 11 is 0. The van der Waals surface area contributed by atoms with Crippen molar-refractivity contribution >= 4 is 87.9 Å². The second-order valence-corrected chi connectivity index (χ2v) is 21.9. The minimum atomic E-state index is -5.25. The smallest absolute Gasteiger partial charge is 0.415 e. The van der Waals surface area contributed by atoms with Gasteiger partial charge >= 0.3 is 46.3 Å². The molecule has 0 bridgehead atoms. The van der Waals surface area contributed by atoms with Crippen LogP contribution in [0.15, 0.2) is 0 Å². The molecule has 9 radical (unpaired) electrons. The third-order valence-electron chi connectivity index (χ3n) is 6.23. The summed E-state index contributed by atoms with van der Waals surface area (Å²) in [6.45, 7) is 7.42. The second-order valence-electron chi connectivity index (χ2n) is 11.5. The Morgan fingerprint density at radius 2 is 0.845 bits per heavy atom. The number of hydrogen-bond donors (Lipinski definition) is 8. The number of phosphoric acid groups is 3. The average molecular weight is 1210 g/mol. The number of ether oxygens (including phenoxy) is 3. The molecule has 0 aromatic heterocycles. The van der Waals surface area contributed by atoms with Crippen molar-refractivity contribution in [1.82, 2.24) is 0 Å². The van der Waals surface area contributed by atoms with Gasteiger partial charge in [-0.3, -0.25) is 33.1 Å². The molecule has 37 heteroatoms. The van der Waals surface area contributed by atoms with E-state index in [0.29, 0.717) is 6.66 Å². The maximum absolute atomic E-state index is 11.5. The predicted molar refractivity (Wildman–Crippen MR) is 204 cm³/mol. The molecule has 23 nitrogen and oxygen atoms in total. The van der Waals surface area contributed by atoms with Gasteiger partial charge < -0.3 is 67.4 Å². The van der Waals surface area contributed by atoms with Crippen LogP contribution in [0.1, 0.15) is 20.8 Å². The van der Waals surface area contributed by atoms with Crippen LogP contribution in [0.2, 0.25) is 2.82 Å². The molecule has 0 aliphatic carbocycles. The van der Waals surface area contributed by atoms with E-state index in [9.17, 15) is 32.3 Å². The van der Waals surface area contributed by atoms with Crippen LogP contribution in [0.5, 0.6) is 0 Å². The Morgan fingerprint density at radius 3 is 1.07 bits per heavy atom. The predicted octanol–water partition coefficient (Wildman–Crippen LogP) is 3.78. The van der Waals surface area contributed by atoms with E-state index in [1.165, 1.54) is 0 Å². The van der Waals surface area contributed by atoms with Gasteiger partial charge in [0.15, 0.2) is 2.82 Å². The molecule has 15 atom stereocenters. The molecule has 0 aromatic carbocycles. The molecule has 8 N–H and O–H groups in total. The molecular formula is C21H46B3N2O21P8Y3-3. The summed E-state index contributed by atoms with van der Waals surface area (Å²) in [5.74, 6) is -0.0698. The average Bonchev–Trinajstić information content (AvgIpc) is 3.60. The molecule has 0 saturated carbocycles. The van der Waals surface area contributed by atoms with Crippen molar-refractivity contribution < 1.29 is 198 Å². The van der Waals surface area contributed by atoms with E-state index in [0.717, 1.165) is 13.3 Å². The van der Waals surface area contributed by atoms with Crippen LogP contribution in [0, 0.1) is 47.3 Å². The van der Waals surface area contributed by atoms with Crippen molar-refractivity contribution in [3.05, 3.63) is 19.3 Å². The van der Waals surface area contributed by atoms with Gasteiger partial charge in [-0.1, -0.05) is 38.8 Å². The normalized spacial score (nSPS) is 32.4. The Balaban J connectivity index is -0.000000235. The summed E-state index contributed by atoms with van der Waals surface area (Å²) < 4.78 is 119. The van der Waals surface area contributed by atoms with E-state index in [-0.39, 0.29) is 135 Å². The maximum atomic E-state index is 11.5. The van der Waals surface area contributed by atoms with E-state index in [4.69, 9.17) is 69.6 Å². The molecule has 0 aromatic rings. The second kappa shape index (κ2) is 33.1. The van der Waals surface area contributed by atoms with Crippen LogP contribution in [-0.2, 0) is 166 Å². The molecule has 0 spiro atoms. The first-order valence-electron chi connectivity index (χ1n) is 15.9. The molecule has 58 heavy (non-hydrogen) atoms. The number of hydrogen-bond acceptors (Lipinski definition) is 17. The van der Waals surface area contributed by atoms with Crippen LogP contribution >= 0.6 is 64.3 Å². The SMILES string of the molecule is [2H]N=P.[3H]N=P.[B][C@H]1[CH-]C(C)[C@@H](COP(=O)(O)OP(=O)(O)OP(C)(=O)O)O1.[B][C@H]1[CH-]C(C)[C@@H](COP(=O)(O)OP(C)(=O)O)O1.[B][C@H]1[CH-]C(C)[C@@H](COP(C)(=O)O)O1.[Y].[Y].[Y]. The fourth-order valence-electron chi connectivity index (χ4n) is 4.08. The van der Waals surface area contributed by atoms with Gasteiger partial charge in [-0.05, 0) is 18.1 Å². The molecular weight excluding hydrogens is 1160 g/mol. The zero-order valence-electron chi connectivity index (χ0n) is 33.9. The van der Waals surface area contributed by atoms with Gasteiger partial charge in [-0.2, -0.15) is 4.31 Å². The topological polar surface area (TPSA) is 355 Å². The van der Waals surface area contributed by atoms with Crippen LogP contribution in [0.25, 0.3) is 0 Å². The fraction of sp³-hybridized carbons (Fsp3) is 0.857. The van der Waals surface area contributed by atoms with E-state index in [2.05, 4.69) is 50.4 Å². The van der Waals surface area contributed by atoms with E-state index < -0.39 is 83.1 Å². The van der Waals surface area contributed by atoms with Gasteiger partial charge in [0.25, 0.3) is 0 Å². The van der Waals surface area contributed by atoms with Crippen LogP contribution in [0.3, 0.4) is 0 Å². The summed E-state index contributed by atoms with van der Waals surface area (Å²) in [4.78, 5) is 54.0. The van der Waals surface area contributed by atoms with Crippen LogP contribution in [-0.4, -0.2) is 129 Å². The number of rotatable bonds is 15. The van der Waals surface area contributed by atoms with Gasteiger partial charge in [0, 0.05) is 118 Å². The third-order valence-corrected chi connectivity index (χ3v) is 13.5. The molecule has 327 valence electrons. The van der Waals surface area contributed by atoms with E-state index in [1.54, 1.807) is 26.7 Å². The van der Waals surface area contributed by atoms with Crippen molar-refractivity contribution in [3.63, 3.8) is 0 Å². The quantitative estimate of drug-likeness (QED) is 0.0657. The van der Waals surface area contributed by atoms with Crippen molar-refractivity contribution in [2.45, 2.75) is 57.1 Å². The van der Waals surface area contributed by atoms with E-state index in [1.807, 2.05) is 13.3 Å². The molecule has 3 rings (SSSR count). The van der Waals surface area contributed by atoms with Crippen molar-refractivity contribution in [3.8, 4) is 0 Å². The Bertz CT molecular complexity index is 1530. The fourth-order valence-corrected chi connectivity index (χ4v) is 10.0. The first-order chi connectivity index (χ1) is 25.6. The third kappa shape index (κ3) is 36.6. The van der Waals surface area contributed by atoms with Crippen LogP contribution < -0.4 is 0 Å².